The molecule has 0 aliphatic carbocycles. The molecule has 0 aliphatic heterocycles. The molecule has 0 bridgehead atoms. The Balaban J connectivity index is 1.30. The van der Waals surface area contributed by atoms with Crippen LogP contribution in [-0.4, -0.2) is 30.8 Å². The summed E-state index contributed by atoms with van der Waals surface area (Å²) in [5.74, 6) is 0.815. The second-order valence-electron chi connectivity index (χ2n) is 11.0. The highest BCUT2D eigenvalue weighted by Gasteiger charge is 2.25. The Hall–Kier alpha value is -5.10. The van der Waals surface area contributed by atoms with E-state index in [0.717, 1.165) is 22.3 Å². The van der Waals surface area contributed by atoms with E-state index >= 15 is 0 Å². The van der Waals surface area contributed by atoms with E-state index in [2.05, 4.69) is 66.0 Å². The maximum absolute atomic E-state index is 12.2. The number of carbonyl (C=O) groups is 2. The molecule has 0 aliphatic rings. The van der Waals surface area contributed by atoms with Crippen molar-refractivity contribution in [1.29, 1.82) is 0 Å². The van der Waals surface area contributed by atoms with Crippen molar-refractivity contribution >= 4 is 36.4 Å². The van der Waals surface area contributed by atoms with Crippen LogP contribution in [-0.2, 0) is 20.7 Å². The zero-order chi connectivity index (χ0) is 30.7. The van der Waals surface area contributed by atoms with E-state index in [9.17, 15) is 9.59 Å². The van der Waals surface area contributed by atoms with Gasteiger partial charge in [0, 0.05) is 6.42 Å². The lowest BCUT2D eigenvalue weighted by molar-refractivity contribution is -0.143. The molecule has 0 radical (unpaired) electrons. The molecule has 0 aromatic heterocycles. The predicted molar refractivity (Wildman–Crippen MR) is 173 cm³/mol. The summed E-state index contributed by atoms with van der Waals surface area (Å²) in [6.45, 7) is 5.28. The molecule has 0 heterocycles. The average molecular weight is 576 g/mol. The molecular weight excluding hydrogens is 538 g/mol. The average Bonchev–Trinajstić information content (AvgIpc) is 3.00. The molecule has 1 atom stereocenters. The van der Waals surface area contributed by atoms with Gasteiger partial charge in [0.2, 0.25) is 0 Å². The fourth-order valence-corrected chi connectivity index (χ4v) is 4.16. The number of hydrogen-bond donors (Lipinski definition) is 1. The SMILES string of the molecule is COC(=O)[C@H](Cc1ccc(Oc2ccc(/C=C/c3ccc(/C=C/c4ccccc4)cc3)cc2)cc1)NC(=O)OC(C)(C)C. The van der Waals surface area contributed by atoms with Gasteiger partial charge in [-0.2, -0.15) is 0 Å². The summed E-state index contributed by atoms with van der Waals surface area (Å²) >= 11 is 0. The third-order valence-electron chi connectivity index (χ3n) is 6.33. The molecule has 0 unspecified atom stereocenters. The number of benzene rings is 4. The fraction of sp³-hybridized carbons (Fsp3) is 0.189. The van der Waals surface area contributed by atoms with Gasteiger partial charge in [-0.05, 0) is 72.9 Å². The Morgan fingerprint density at radius 3 is 1.58 bits per heavy atom. The normalized spacial score (nSPS) is 12.2. The van der Waals surface area contributed by atoms with Crippen LogP contribution < -0.4 is 10.1 Å². The summed E-state index contributed by atoms with van der Waals surface area (Å²) in [5.41, 5.74) is 4.66. The molecule has 6 nitrogen and oxygen atoms in total. The van der Waals surface area contributed by atoms with Crippen LogP contribution in [0.25, 0.3) is 24.3 Å². The molecule has 43 heavy (non-hydrogen) atoms. The highest BCUT2D eigenvalue weighted by Crippen LogP contribution is 2.23. The minimum absolute atomic E-state index is 0.250. The van der Waals surface area contributed by atoms with Gasteiger partial charge in [0.1, 0.15) is 23.1 Å². The first-order valence-electron chi connectivity index (χ1n) is 14.1. The number of carbonyl (C=O) groups excluding carboxylic acids is 2. The quantitative estimate of drug-likeness (QED) is 0.152. The standard InChI is InChI=1S/C37H37NO5/c1-37(2,3)43-36(40)38-34(35(39)41-4)26-31-20-24-33(25-21-31)42-32-22-18-30(19-23-32)17-16-29-14-12-28(13-15-29)11-10-27-8-6-5-7-9-27/h5-25,34H,26H2,1-4H3,(H,38,40)/b11-10+,17-16+/t34-/m0/s1. The third kappa shape index (κ3) is 10.3. The van der Waals surface area contributed by atoms with E-state index in [1.807, 2.05) is 66.7 Å². The van der Waals surface area contributed by atoms with E-state index in [4.69, 9.17) is 14.2 Å². The van der Waals surface area contributed by atoms with Crippen LogP contribution in [0.15, 0.2) is 103 Å². The van der Waals surface area contributed by atoms with Crippen LogP contribution in [0, 0.1) is 0 Å². The minimum Gasteiger partial charge on any atom is -0.467 e. The van der Waals surface area contributed by atoms with Gasteiger partial charge in [0.25, 0.3) is 0 Å². The van der Waals surface area contributed by atoms with Crippen molar-refractivity contribution in [3.8, 4) is 11.5 Å². The molecule has 1 amide bonds. The summed E-state index contributed by atoms with van der Waals surface area (Å²) in [4.78, 5) is 24.4. The van der Waals surface area contributed by atoms with Gasteiger partial charge in [-0.1, -0.05) is 103 Å². The largest absolute Gasteiger partial charge is 0.467 e. The molecule has 0 saturated heterocycles. The zero-order valence-electron chi connectivity index (χ0n) is 25.0. The Bertz CT molecular complexity index is 1530. The number of methoxy groups -OCH3 is 1. The summed E-state index contributed by atoms with van der Waals surface area (Å²) in [5, 5.41) is 2.59. The molecule has 6 heteroatoms. The maximum atomic E-state index is 12.2. The van der Waals surface area contributed by atoms with E-state index in [1.165, 1.54) is 12.7 Å². The van der Waals surface area contributed by atoms with Crippen molar-refractivity contribution in [2.75, 3.05) is 7.11 Å². The number of alkyl carbamates (subject to hydrolysis) is 1. The maximum Gasteiger partial charge on any atom is 0.408 e. The summed E-state index contributed by atoms with van der Waals surface area (Å²) in [7, 11) is 1.28. The van der Waals surface area contributed by atoms with Crippen molar-refractivity contribution in [2.24, 2.45) is 0 Å². The van der Waals surface area contributed by atoms with Crippen molar-refractivity contribution in [1.82, 2.24) is 5.32 Å². The number of hydrogen-bond acceptors (Lipinski definition) is 5. The zero-order valence-corrected chi connectivity index (χ0v) is 25.0. The van der Waals surface area contributed by atoms with Crippen LogP contribution in [0.1, 0.15) is 48.6 Å². The first-order chi connectivity index (χ1) is 20.7. The molecule has 220 valence electrons. The van der Waals surface area contributed by atoms with Crippen molar-refractivity contribution in [3.05, 3.63) is 131 Å². The first kappa shape index (κ1) is 30.8. The van der Waals surface area contributed by atoms with Crippen LogP contribution >= 0.6 is 0 Å². The topological polar surface area (TPSA) is 73.9 Å². The van der Waals surface area contributed by atoms with Gasteiger partial charge < -0.3 is 19.5 Å². The minimum atomic E-state index is -0.873. The monoisotopic (exact) mass is 575 g/mol. The number of amides is 1. The lowest BCUT2D eigenvalue weighted by Crippen LogP contribution is -2.45. The van der Waals surface area contributed by atoms with Crippen LogP contribution in [0.3, 0.4) is 0 Å². The smallest absolute Gasteiger partial charge is 0.408 e. The van der Waals surface area contributed by atoms with Gasteiger partial charge >= 0.3 is 12.1 Å². The van der Waals surface area contributed by atoms with E-state index < -0.39 is 23.7 Å². The third-order valence-corrected chi connectivity index (χ3v) is 6.33. The molecule has 0 saturated carbocycles. The summed E-state index contributed by atoms with van der Waals surface area (Å²) in [6, 6.07) is 33.0. The molecule has 4 aromatic rings. The highest BCUT2D eigenvalue weighted by atomic mass is 16.6. The summed E-state index contributed by atoms with van der Waals surface area (Å²) < 4.78 is 16.1. The molecule has 1 N–H and O–H groups in total. The first-order valence-corrected chi connectivity index (χ1v) is 14.1. The van der Waals surface area contributed by atoms with Crippen LogP contribution in [0.5, 0.6) is 11.5 Å². The second kappa shape index (κ2) is 14.7. The fourth-order valence-electron chi connectivity index (χ4n) is 4.16. The Kier molecular flexibility index (Phi) is 10.5. The molecule has 4 aromatic carbocycles. The molecule has 4 rings (SSSR count). The number of ether oxygens (including phenoxy) is 3. The van der Waals surface area contributed by atoms with Gasteiger partial charge in [0.05, 0.1) is 7.11 Å². The lowest BCUT2D eigenvalue weighted by atomic mass is 10.1. The van der Waals surface area contributed by atoms with E-state index in [-0.39, 0.29) is 6.42 Å². The van der Waals surface area contributed by atoms with Crippen LogP contribution in [0.2, 0.25) is 0 Å². The number of nitrogens with one attached hydrogen (secondary N) is 1. The second-order valence-corrected chi connectivity index (χ2v) is 11.0. The molecular formula is C37H37NO5. The highest BCUT2D eigenvalue weighted by molar-refractivity contribution is 5.81. The number of rotatable bonds is 10. The Morgan fingerprint density at radius 1 is 0.674 bits per heavy atom. The van der Waals surface area contributed by atoms with Crippen molar-refractivity contribution < 1.29 is 23.8 Å². The summed E-state index contributed by atoms with van der Waals surface area (Å²) in [6.07, 6.45) is 7.94. The Morgan fingerprint density at radius 2 is 1.12 bits per heavy atom. The van der Waals surface area contributed by atoms with Gasteiger partial charge in [-0.15, -0.1) is 0 Å². The predicted octanol–water partition coefficient (Wildman–Crippen LogP) is 8.43. The lowest BCUT2D eigenvalue weighted by Gasteiger charge is -2.22. The van der Waals surface area contributed by atoms with E-state index in [1.54, 1.807) is 20.8 Å². The Labute approximate surface area is 253 Å². The molecule has 0 fully saturated rings. The molecule has 0 spiro atoms. The van der Waals surface area contributed by atoms with Crippen molar-refractivity contribution in [2.45, 2.75) is 38.8 Å². The van der Waals surface area contributed by atoms with Gasteiger partial charge in [0.15, 0.2) is 0 Å². The van der Waals surface area contributed by atoms with Gasteiger partial charge in [-0.25, -0.2) is 9.59 Å². The number of esters is 1. The van der Waals surface area contributed by atoms with Crippen molar-refractivity contribution in [3.63, 3.8) is 0 Å². The van der Waals surface area contributed by atoms with E-state index in [0.29, 0.717) is 11.5 Å². The van der Waals surface area contributed by atoms with Crippen LogP contribution in [0.4, 0.5) is 4.79 Å². The van der Waals surface area contributed by atoms with Gasteiger partial charge in [-0.3, -0.25) is 0 Å².